The van der Waals surface area contributed by atoms with Crippen LogP contribution in [0.3, 0.4) is 0 Å². The SMILES string of the molecule is COc1cccc(C2=NCC(=O)Nc3c2[nH]c2ccc(Cl)cc32)c1. The van der Waals surface area contributed by atoms with Crippen molar-refractivity contribution < 1.29 is 9.53 Å². The molecule has 1 amide bonds. The fourth-order valence-electron chi connectivity index (χ4n) is 2.89. The molecule has 1 aromatic heterocycles. The number of carbonyl (C=O) groups is 1. The molecule has 120 valence electrons. The molecule has 0 radical (unpaired) electrons. The van der Waals surface area contributed by atoms with Crippen molar-refractivity contribution in [2.24, 2.45) is 4.99 Å². The van der Waals surface area contributed by atoms with E-state index < -0.39 is 0 Å². The maximum Gasteiger partial charge on any atom is 0.246 e. The zero-order valence-corrected chi connectivity index (χ0v) is 13.6. The maximum absolute atomic E-state index is 12.1. The summed E-state index contributed by atoms with van der Waals surface area (Å²) in [6.07, 6.45) is 0. The fourth-order valence-corrected chi connectivity index (χ4v) is 3.06. The zero-order valence-electron chi connectivity index (χ0n) is 12.9. The van der Waals surface area contributed by atoms with Crippen LogP contribution in [0.4, 0.5) is 5.69 Å². The van der Waals surface area contributed by atoms with Crippen LogP contribution in [0.25, 0.3) is 10.9 Å². The molecular weight excluding hydrogens is 326 g/mol. The minimum absolute atomic E-state index is 0.0666. The molecule has 0 saturated heterocycles. The molecule has 0 atom stereocenters. The number of ether oxygens (including phenoxy) is 1. The van der Waals surface area contributed by atoms with E-state index in [9.17, 15) is 4.79 Å². The van der Waals surface area contributed by atoms with Gasteiger partial charge in [-0.15, -0.1) is 0 Å². The Bertz CT molecular complexity index is 991. The van der Waals surface area contributed by atoms with Gasteiger partial charge in [0, 0.05) is 21.5 Å². The van der Waals surface area contributed by atoms with Gasteiger partial charge in [0.15, 0.2) is 0 Å². The molecule has 0 bridgehead atoms. The first-order valence-electron chi connectivity index (χ1n) is 7.46. The number of hydrogen-bond acceptors (Lipinski definition) is 3. The molecule has 0 spiro atoms. The summed E-state index contributed by atoms with van der Waals surface area (Å²) in [6.45, 7) is 0.0666. The molecule has 3 aromatic rings. The molecule has 5 nitrogen and oxygen atoms in total. The quantitative estimate of drug-likeness (QED) is 0.748. The van der Waals surface area contributed by atoms with Crippen molar-refractivity contribution >= 4 is 39.8 Å². The average Bonchev–Trinajstić information content (AvgIpc) is 2.84. The molecule has 1 aliphatic rings. The third-order valence-corrected chi connectivity index (χ3v) is 4.22. The number of nitrogens with zero attached hydrogens (tertiary/aromatic N) is 1. The van der Waals surface area contributed by atoms with Gasteiger partial charge in [-0.25, -0.2) is 0 Å². The molecule has 24 heavy (non-hydrogen) atoms. The lowest BCUT2D eigenvalue weighted by molar-refractivity contribution is -0.114. The Hall–Kier alpha value is -2.79. The lowest BCUT2D eigenvalue weighted by Crippen LogP contribution is -2.13. The van der Waals surface area contributed by atoms with Crippen LogP contribution in [0.15, 0.2) is 47.5 Å². The summed E-state index contributed by atoms with van der Waals surface area (Å²) >= 11 is 6.11. The van der Waals surface area contributed by atoms with Crippen molar-refractivity contribution in [1.82, 2.24) is 4.98 Å². The Morgan fingerprint density at radius 2 is 2.08 bits per heavy atom. The van der Waals surface area contributed by atoms with Crippen LogP contribution in [0.5, 0.6) is 5.75 Å². The summed E-state index contributed by atoms with van der Waals surface area (Å²) in [5.74, 6) is 0.578. The number of carbonyl (C=O) groups excluding carboxylic acids is 1. The molecule has 0 aliphatic carbocycles. The second kappa shape index (κ2) is 5.69. The zero-order chi connectivity index (χ0) is 16.7. The van der Waals surface area contributed by atoms with E-state index in [2.05, 4.69) is 15.3 Å². The maximum atomic E-state index is 12.1. The molecule has 6 heteroatoms. The monoisotopic (exact) mass is 339 g/mol. The number of amides is 1. The number of rotatable bonds is 2. The van der Waals surface area contributed by atoms with Crippen LogP contribution in [0.2, 0.25) is 5.02 Å². The third-order valence-electron chi connectivity index (χ3n) is 3.99. The normalized spacial score (nSPS) is 13.9. The van der Waals surface area contributed by atoms with Crippen LogP contribution < -0.4 is 10.1 Å². The van der Waals surface area contributed by atoms with Gasteiger partial charge in [0.2, 0.25) is 5.91 Å². The second-order valence-corrected chi connectivity index (χ2v) is 5.95. The number of anilines is 1. The highest BCUT2D eigenvalue weighted by Gasteiger charge is 2.22. The molecule has 4 rings (SSSR count). The van der Waals surface area contributed by atoms with E-state index in [0.717, 1.165) is 33.6 Å². The van der Waals surface area contributed by atoms with Crippen molar-refractivity contribution in [1.29, 1.82) is 0 Å². The fraction of sp³-hybridized carbons (Fsp3) is 0.111. The van der Waals surface area contributed by atoms with E-state index in [0.29, 0.717) is 10.7 Å². The number of benzene rings is 2. The Morgan fingerprint density at radius 1 is 1.21 bits per heavy atom. The number of nitrogens with one attached hydrogen (secondary N) is 2. The Balaban J connectivity index is 1.96. The first-order valence-corrected chi connectivity index (χ1v) is 7.84. The highest BCUT2D eigenvalue weighted by atomic mass is 35.5. The van der Waals surface area contributed by atoms with E-state index in [4.69, 9.17) is 16.3 Å². The molecular formula is C18H14ClN3O2. The first kappa shape index (κ1) is 14.8. The number of aromatic amines is 1. The lowest BCUT2D eigenvalue weighted by atomic mass is 10.1. The molecule has 0 fully saturated rings. The Kier molecular flexibility index (Phi) is 3.50. The minimum Gasteiger partial charge on any atom is -0.497 e. The predicted molar refractivity (Wildman–Crippen MR) is 95.4 cm³/mol. The van der Waals surface area contributed by atoms with Gasteiger partial charge < -0.3 is 15.0 Å². The minimum atomic E-state index is -0.157. The van der Waals surface area contributed by atoms with Crippen LogP contribution >= 0.6 is 11.6 Å². The van der Waals surface area contributed by atoms with Crippen molar-refractivity contribution in [2.45, 2.75) is 0 Å². The van der Waals surface area contributed by atoms with E-state index in [-0.39, 0.29) is 12.5 Å². The number of halogens is 1. The van der Waals surface area contributed by atoms with Gasteiger partial charge >= 0.3 is 0 Å². The standard InChI is InChI=1S/C18H14ClN3O2/c1-24-12-4-2-3-10(7-12)16-18-17(22-15(23)9-20-16)13-8-11(19)5-6-14(13)21-18/h2-8,21H,9H2,1H3,(H,22,23). The van der Waals surface area contributed by atoms with Gasteiger partial charge in [0.1, 0.15) is 12.3 Å². The second-order valence-electron chi connectivity index (χ2n) is 5.51. The number of aliphatic imine (C=N–C) groups is 1. The number of H-pyrrole nitrogens is 1. The number of fused-ring (bicyclic) bond motifs is 3. The highest BCUT2D eigenvalue weighted by molar-refractivity contribution is 6.32. The van der Waals surface area contributed by atoms with Gasteiger partial charge in [-0.3, -0.25) is 9.79 Å². The molecule has 2 aromatic carbocycles. The van der Waals surface area contributed by atoms with Gasteiger partial charge in [0.25, 0.3) is 0 Å². The molecule has 0 unspecified atom stereocenters. The Morgan fingerprint density at radius 3 is 2.92 bits per heavy atom. The number of hydrogen-bond donors (Lipinski definition) is 2. The molecule has 2 heterocycles. The highest BCUT2D eigenvalue weighted by Crippen LogP contribution is 2.33. The first-order chi connectivity index (χ1) is 11.7. The summed E-state index contributed by atoms with van der Waals surface area (Å²) in [5.41, 5.74) is 3.96. The van der Waals surface area contributed by atoms with E-state index >= 15 is 0 Å². The summed E-state index contributed by atoms with van der Waals surface area (Å²) < 4.78 is 5.30. The summed E-state index contributed by atoms with van der Waals surface area (Å²) in [7, 11) is 1.62. The van der Waals surface area contributed by atoms with Gasteiger partial charge in [-0.2, -0.15) is 0 Å². The van der Waals surface area contributed by atoms with Crippen molar-refractivity contribution in [3.05, 3.63) is 58.7 Å². The van der Waals surface area contributed by atoms with Crippen LogP contribution in [-0.2, 0) is 4.79 Å². The molecule has 1 aliphatic heterocycles. The Labute approximate surface area is 143 Å². The van der Waals surface area contributed by atoms with Crippen LogP contribution in [0.1, 0.15) is 11.3 Å². The van der Waals surface area contributed by atoms with Gasteiger partial charge in [-0.05, 0) is 30.3 Å². The van der Waals surface area contributed by atoms with Crippen LogP contribution in [0, 0.1) is 0 Å². The van der Waals surface area contributed by atoms with Crippen molar-refractivity contribution in [3.63, 3.8) is 0 Å². The van der Waals surface area contributed by atoms with Crippen molar-refractivity contribution in [2.75, 3.05) is 19.0 Å². The number of methoxy groups -OCH3 is 1. The predicted octanol–water partition coefficient (Wildman–Crippen LogP) is 3.62. The summed E-state index contributed by atoms with van der Waals surface area (Å²) in [6, 6.07) is 13.1. The van der Waals surface area contributed by atoms with Gasteiger partial charge in [-0.1, -0.05) is 23.7 Å². The smallest absolute Gasteiger partial charge is 0.246 e. The van der Waals surface area contributed by atoms with E-state index in [1.807, 2.05) is 42.5 Å². The number of aromatic nitrogens is 1. The van der Waals surface area contributed by atoms with Crippen LogP contribution in [-0.4, -0.2) is 30.3 Å². The lowest BCUT2D eigenvalue weighted by Gasteiger charge is -2.07. The van der Waals surface area contributed by atoms with Crippen molar-refractivity contribution in [3.8, 4) is 5.75 Å². The molecule has 0 saturated carbocycles. The molecule has 2 N–H and O–H groups in total. The summed E-state index contributed by atoms with van der Waals surface area (Å²) in [4.78, 5) is 19.9. The van der Waals surface area contributed by atoms with Gasteiger partial charge in [0.05, 0.1) is 24.2 Å². The average molecular weight is 340 g/mol. The summed E-state index contributed by atoms with van der Waals surface area (Å²) in [5, 5.41) is 4.40. The van der Waals surface area contributed by atoms with E-state index in [1.54, 1.807) is 7.11 Å². The van der Waals surface area contributed by atoms with E-state index in [1.165, 1.54) is 0 Å². The largest absolute Gasteiger partial charge is 0.497 e. The third kappa shape index (κ3) is 2.43. The topological polar surface area (TPSA) is 66.5 Å².